The van der Waals surface area contributed by atoms with Gasteiger partial charge in [0.2, 0.25) is 5.91 Å². The molecule has 112 valence electrons. The predicted molar refractivity (Wildman–Crippen MR) is 80.7 cm³/mol. The van der Waals surface area contributed by atoms with Gasteiger partial charge < -0.3 is 22.1 Å². The molecule has 1 rings (SSSR count). The van der Waals surface area contributed by atoms with E-state index in [2.05, 4.69) is 15.0 Å². The van der Waals surface area contributed by atoms with Crippen molar-refractivity contribution in [3.8, 4) is 0 Å². The van der Waals surface area contributed by atoms with Crippen LogP contribution in [0.2, 0.25) is 0 Å². The van der Waals surface area contributed by atoms with E-state index in [-0.39, 0.29) is 23.7 Å². The molecular formula is C12H21N5O2S. The maximum atomic E-state index is 12.0. The van der Waals surface area contributed by atoms with Crippen molar-refractivity contribution in [2.45, 2.75) is 39.2 Å². The van der Waals surface area contributed by atoms with Crippen molar-refractivity contribution in [3.63, 3.8) is 0 Å². The molecule has 0 aromatic carbocycles. The zero-order valence-corrected chi connectivity index (χ0v) is 12.5. The first-order valence-corrected chi connectivity index (χ1v) is 7.27. The van der Waals surface area contributed by atoms with Crippen LogP contribution >= 0.6 is 11.5 Å². The van der Waals surface area contributed by atoms with E-state index in [4.69, 9.17) is 11.5 Å². The number of aromatic nitrogens is 1. The largest absolute Gasteiger partial charge is 0.382 e. The molecule has 1 aromatic heterocycles. The quantitative estimate of drug-likeness (QED) is 0.532. The number of amides is 2. The third kappa shape index (κ3) is 5.04. The van der Waals surface area contributed by atoms with Crippen molar-refractivity contribution < 1.29 is 9.59 Å². The van der Waals surface area contributed by atoms with Gasteiger partial charge in [-0.25, -0.2) is 0 Å². The van der Waals surface area contributed by atoms with Gasteiger partial charge in [0, 0.05) is 19.0 Å². The van der Waals surface area contributed by atoms with Gasteiger partial charge in [-0.2, -0.15) is 4.37 Å². The molecule has 8 heteroatoms. The molecule has 0 aliphatic rings. The van der Waals surface area contributed by atoms with Crippen molar-refractivity contribution in [2.24, 2.45) is 5.73 Å². The summed E-state index contributed by atoms with van der Waals surface area (Å²) in [5.41, 5.74) is 11.2. The van der Waals surface area contributed by atoms with Gasteiger partial charge in [-0.05, 0) is 38.2 Å². The van der Waals surface area contributed by atoms with Gasteiger partial charge in [0.1, 0.15) is 10.6 Å². The summed E-state index contributed by atoms with van der Waals surface area (Å²) in [7, 11) is 0. The lowest BCUT2D eigenvalue weighted by Crippen LogP contribution is -2.30. The van der Waals surface area contributed by atoms with Gasteiger partial charge in [-0.15, -0.1) is 0 Å². The number of hydrogen-bond acceptors (Lipinski definition) is 6. The minimum Gasteiger partial charge on any atom is -0.382 e. The molecule has 0 aliphatic heterocycles. The number of primary amides is 1. The first-order chi connectivity index (χ1) is 9.41. The van der Waals surface area contributed by atoms with Crippen LogP contribution in [0.4, 0.5) is 10.8 Å². The van der Waals surface area contributed by atoms with Gasteiger partial charge in [0.25, 0.3) is 5.91 Å². The zero-order chi connectivity index (χ0) is 15.1. The molecule has 0 spiro atoms. The molecule has 1 aromatic rings. The Balaban J connectivity index is 2.54. The Morgan fingerprint density at radius 1 is 1.35 bits per heavy atom. The molecule has 20 heavy (non-hydrogen) atoms. The molecule has 7 nitrogen and oxygen atoms in total. The van der Waals surface area contributed by atoms with Crippen molar-refractivity contribution >= 4 is 34.2 Å². The molecule has 1 heterocycles. The summed E-state index contributed by atoms with van der Waals surface area (Å²) in [6, 6.07) is 0.0326. The molecule has 0 saturated heterocycles. The Bertz CT molecular complexity index is 472. The van der Waals surface area contributed by atoms with Gasteiger partial charge in [0.15, 0.2) is 5.82 Å². The Morgan fingerprint density at radius 3 is 2.65 bits per heavy atom. The van der Waals surface area contributed by atoms with Gasteiger partial charge in [-0.3, -0.25) is 9.59 Å². The maximum Gasteiger partial charge on any atom is 0.258 e. The summed E-state index contributed by atoms with van der Waals surface area (Å²) in [5, 5.41) is 6.57. The Morgan fingerprint density at radius 2 is 2.05 bits per heavy atom. The normalized spacial score (nSPS) is 10.6. The lowest BCUT2D eigenvalue weighted by molar-refractivity contribution is -0.118. The van der Waals surface area contributed by atoms with Gasteiger partial charge >= 0.3 is 0 Å². The van der Waals surface area contributed by atoms with Crippen LogP contribution in [0, 0.1) is 0 Å². The van der Waals surface area contributed by atoms with E-state index in [0.29, 0.717) is 30.0 Å². The minimum atomic E-state index is -0.302. The van der Waals surface area contributed by atoms with Crippen molar-refractivity contribution in [2.75, 3.05) is 17.6 Å². The molecule has 0 aliphatic carbocycles. The lowest BCUT2D eigenvalue weighted by atomic mass is 10.2. The molecule has 6 N–H and O–H groups in total. The van der Waals surface area contributed by atoms with Crippen molar-refractivity contribution in [1.29, 1.82) is 0 Å². The van der Waals surface area contributed by atoms with Crippen LogP contribution < -0.4 is 22.1 Å². The molecule has 2 amide bonds. The second kappa shape index (κ2) is 7.68. The summed E-state index contributed by atoms with van der Waals surface area (Å²) in [5.74, 6) is -0.303. The summed E-state index contributed by atoms with van der Waals surface area (Å²) in [4.78, 5) is 22.6. The Labute approximate surface area is 122 Å². The van der Waals surface area contributed by atoms with Crippen LogP contribution in [0.25, 0.3) is 0 Å². The summed E-state index contributed by atoms with van der Waals surface area (Å²) in [6.45, 7) is 4.40. The van der Waals surface area contributed by atoms with Crippen molar-refractivity contribution in [3.05, 3.63) is 5.56 Å². The maximum absolute atomic E-state index is 12.0. The number of nitrogens with two attached hydrogens (primary N) is 2. The molecule has 0 unspecified atom stereocenters. The van der Waals surface area contributed by atoms with Gasteiger partial charge in [-0.1, -0.05) is 0 Å². The van der Waals surface area contributed by atoms with E-state index in [1.165, 1.54) is 0 Å². The van der Waals surface area contributed by atoms with Crippen LogP contribution in [0.5, 0.6) is 0 Å². The highest BCUT2D eigenvalue weighted by atomic mass is 32.1. The van der Waals surface area contributed by atoms with E-state index in [1.54, 1.807) is 0 Å². The smallest absolute Gasteiger partial charge is 0.258 e. The number of nitrogens with zero attached hydrogens (tertiary/aromatic N) is 1. The Kier molecular flexibility index (Phi) is 6.23. The van der Waals surface area contributed by atoms with Crippen molar-refractivity contribution in [1.82, 2.24) is 9.69 Å². The molecule has 0 atom stereocenters. The van der Waals surface area contributed by atoms with E-state index < -0.39 is 0 Å². The average molecular weight is 299 g/mol. The van der Waals surface area contributed by atoms with E-state index in [1.807, 2.05) is 13.8 Å². The monoisotopic (exact) mass is 299 g/mol. The van der Waals surface area contributed by atoms with Crippen LogP contribution in [0.15, 0.2) is 0 Å². The zero-order valence-electron chi connectivity index (χ0n) is 11.7. The number of nitrogens with one attached hydrogen (secondary N) is 2. The fourth-order valence-electron chi connectivity index (χ4n) is 1.60. The summed E-state index contributed by atoms with van der Waals surface area (Å²) < 4.78 is 3.99. The standard InChI is InChI=1S/C12H21N5O2S/c1-7(2)16-11(19)9-10(14)17-20-12(9)15-6-4-3-5-8(13)18/h7,15H,3-6H2,1-2H3,(H2,13,18)(H2,14,17)(H,16,19). The number of rotatable bonds is 8. The highest BCUT2D eigenvalue weighted by molar-refractivity contribution is 7.11. The molecule has 0 saturated carbocycles. The molecular weight excluding hydrogens is 278 g/mol. The Hall–Kier alpha value is -1.83. The third-order valence-corrected chi connectivity index (χ3v) is 3.32. The summed E-state index contributed by atoms with van der Waals surface area (Å²) >= 11 is 1.16. The second-order valence-electron chi connectivity index (χ2n) is 4.75. The number of unbranched alkanes of at least 4 members (excludes halogenated alkanes) is 1. The van der Waals surface area contributed by atoms with Gasteiger partial charge in [0.05, 0.1) is 0 Å². The number of carbonyl (C=O) groups is 2. The number of carbonyl (C=O) groups excluding carboxylic acids is 2. The fourth-order valence-corrected chi connectivity index (χ4v) is 2.34. The highest BCUT2D eigenvalue weighted by Gasteiger charge is 2.19. The molecule has 0 fully saturated rings. The third-order valence-electron chi connectivity index (χ3n) is 2.50. The van der Waals surface area contributed by atoms with Crippen LogP contribution in [-0.4, -0.2) is 28.8 Å². The first kappa shape index (κ1) is 16.2. The van der Waals surface area contributed by atoms with E-state index in [0.717, 1.165) is 18.0 Å². The predicted octanol–water partition coefficient (Wildman–Crippen LogP) is 0.931. The average Bonchev–Trinajstić information content (AvgIpc) is 2.69. The van der Waals surface area contributed by atoms with Crippen LogP contribution in [0.1, 0.15) is 43.5 Å². The summed E-state index contributed by atoms with van der Waals surface area (Å²) in [6.07, 6.45) is 1.86. The SMILES string of the molecule is CC(C)NC(=O)c1c(N)nsc1NCCCCC(N)=O. The van der Waals surface area contributed by atoms with Crippen LogP contribution in [0.3, 0.4) is 0 Å². The second-order valence-corrected chi connectivity index (χ2v) is 5.52. The van der Waals surface area contributed by atoms with Crippen LogP contribution in [-0.2, 0) is 4.79 Å². The topological polar surface area (TPSA) is 123 Å². The lowest BCUT2D eigenvalue weighted by Gasteiger charge is -2.10. The number of hydrogen-bond donors (Lipinski definition) is 4. The first-order valence-electron chi connectivity index (χ1n) is 6.50. The fraction of sp³-hybridized carbons (Fsp3) is 0.583. The molecule has 0 radical (unpaired) electrons. The number of nitrogen functional groups attached to an aromatic ring is 1. The highest BCUT2D eigenvalue weighted by Crippen LogP contribution is 2.26. The van der Waals surface area contributed by atoms with E-state index in [9.17, 15) is 9.59 Å². The van der Waals surface area contributed by atoms with E-state index >= 15 is 0 Å². The number of anilines is 2. The minimum absolute atomic E-state index is 0.0326. The molecule has 0 bridgehead atoms.